The highest BCUT2D eigenvalue weighted by Gasteiger charge is 2.29. The lowest BCUT2D eigenvalue weighted by atomic mass is 10.0. The van der Waals surface area contributed by atoms with E-state index >= 15 is 0 Å². The molecule has 0 fully saturated rings. The van der Waals surface area contributed by atoms with Crippen molar-refractivity contribution in [3.63, 3.8) is 0 Å². The Hall–Kier alpha value is -4.06. The highest BCUT2D eigenvalue weighted by molar-refractivity contribution is 7.92. The summed E-state index contributed by atoms with van der Waals surface area (Å²) in [5.74, 6) is -0.390. The monoisotopic (exact) mass is 672 g/mol. The van der Waals surface area contributed by atoms with Gasteiger partial charge in [0.15, 0.2) is 0 Å². The summed E-state index contributed by atoms with van der Waals surface area (Å²) >= 11 is 3.19. The van der Waals surface area contributed by atoms with Crippen molar-refractivity contribution in [2.24, 2.45) is 0 Å². The molecular formula is C34H29ClN4O3S3. The third kappa shape index (κ3) is 6.51. The van der Waals surface area contributed by atoms with Gasteiger partial charge in [-0.1, -0.05) is 72.8 Å². The molecule has 0 saturated carbocycles. The van der Waals surface area contributed by atoms with Crippen LogP contribution in [0.3, 0.4) is 0 Å². The number of thiazole rings is 1. The van der Waals surface area contributed by atoms with Crippen LogP contribution in [0.1, 0.15) is 26.4 Å². The van der Waals surface area contributed by atoms with Gasteiger partial charge in [-0.15, -0.1) is 35.1 Å². The van der Waals surface area contributed by atoms with Gasteiger partial charge in [0, 0.05) is 30.1 Å². The van der Waals surface area contributed by atoms with Gasteiger partial charge in [0.1, 0.15) is 10.0 Å². The summed E-state index contributed by atoms with van der Waals surface area (Å²) in [7, 11) is -3.88. The summed E-state index contributed by atoms with van der Waals surface area (Å²) in [6.07, 6.45) is 0.841. The van der Waals surface area contributed by atoms with Crippen molar-refractivity contribution in [1.29, 1.82) is 0 Å². The van der Waals surface area contributed by atoms with Crippen molar-refractivity contribution in [2.75, 3.05) is 16.6 Å². The second-order valence-corrected chi connectivity index (χ2v) is 14.4. The molecule has 0 spiro atoms. The Morgan fingerprint density at radius 3 is 2.31 bits per heavy atom. The number of hydrogen-bond acceptors (Lipinski definition) is 7. The Kier molecular flexibility index (Phi) is 9.02. The number of para-hydroxylation sites is 2. The summed E-state index contributed by atoms with van der Waals surface area (Å²) in [6.45, 7) is 2.52. The molecule has 0 radical (unpaired) electrons. The predicted octanol–water partition coefficient (Wildman–Crippen LogP) is 8.06. The molecule has 2 aromatic heterocycles. The molecule has 0 saturated heterocycles. The fraction of sp³-hybridized carbons (Fsp3) is 0.118. The van der Waals surface area contributed by atoms with Gasteiger partial charge in [-0.05, 0) is 53.9 Å². The number of aromatic nitrogens is 1. The number of benzene rings is 4. The highest BCUT2D eigenvalue weighted by atomic mass is 35.5. The van der Waals surface area contributed by atoms with Gasteiger partial charge >= 0.3 is 0 Å². The summed E-state index contributed by atoms with van der Waals surface area (Å²) in [5, 5.41) is 4.74. The van der Waals surface area contributed by atoms with Gasteiger partial charge in [0.2, 0.25) is 0 Å². The molecule has 11 heteroatoms. The van der Waals surface area contributed by atoms with Gasteiger partial charge in [-0.25, -0.2) is 13.4 Å². The standard InChI is InChI=1S/C34H28N4O3S3.ClH/c39-32(25-15-7-8-16-27(25)37-44(40,41)24-13-5-2-6-14-24)36-34-31(33-35-28-17-9-10-18-29(28)42-33)26-19-20-38(22-30(26)43-34)21-23-11-3-1-4-12-23;/h1-18,37H,19-22H2,(H,36,39);1H. The largest absolute Gasteiger partial charge is 0.313 e. The molecule has 1 aliphatic heterocycles. The number of anilines is 2. The van der Waals surface area contributed by atoms with Crippen LogP contribution in [0, 0.1) is 0 Å². The Labute approximate surface area is 276 Å². The lowest BCUT2D eigenvalue weighted by molar-refractivity contribution is 0.102. The summed E-state index contributed by atoms with van der Waals surface area (Å²) < 4.78 is 29.9. The molecule has 0 aliphatic carbocycles. The van der Waals surface area contributed by atoms with Crippen molar-refractivity contribution in [3.8, 4) is 10.6 Å². The molecule has 0 atom stereocenters. The predicted molar refractivity (Wildman–Crippen MR) is 186 cm³/mol. The maximum Gasteiger partial charge on any atom is 0.261 e. The van der Waals surface area contributed by atoms with Crippen LogP contribution in [-0.2, 0) is 29.5 Å². The number of hydrogen-bond donors (Lipinski definition) is 2. The van der Waals surface area contributed by atoms with Crippen LogP contribution in [0.2, 0.25) is 0 Å². The average molecular weight is 673 g/mol. The van der Waals surface area contributed by atoms with E-state index < -0.39 is 15.9 Å². The normalized spacial score (nSPS) is 13.2. The molecular weight excluding hydrogens is 644 g/mol. The van der Waals surface area contributed by atoms with Crippen LogP contribution < -0.4 is 10.0 Å². The Morgan fingerprint density at radius 2 is 1.53 bits per heavy atom. The molecule has 2 N–H and O–H groups in total. The minimum Gasteiger partial charge on any atom is -0.313 e. The van der Waals surface area contributed by atoms with E-state index in [1.807, 2.05) is 24.3 Å². The second kappa shape index (κ2) is 13.1. The SMILES string of the molecule is Cl.O=C(Nc1sc2c(c1-c1nc3ccccc3s1)CCN(Cc1ccccc1)C2)c1ccccc1NS(=O)(=O)c1ccccc1. The molecule has 228 valence electrons. The van der Waals surface area contributed by atoms with Crippen molar-refractivity contribution in [3.05, 3.63) is 131 Å². The van der Waals surface area contributed by atoms with Gasteiger partial charge in [0.25, 0.3) is 15.9 Å². The fourth-order valence-corrected chi connectivity index (χ4v) is 8.97. The molecule has 3 heterocycles. The van der Waals surface area contributed by atoms with Crippen LogP contribution in [0.5, 0.6) is 0 Å². The van der Waals surface area contributed by atoms with Crippen LogP contribution in [0.4, 0.5) is 10.7 Å². The summed E-state index contributed by atoms with van der Waals surface area (Å²) in [6, 6.07) is 33.3. The van der Waals surface area contributed by atoms with Crippen molar-refractivity contribution < 1.29 is 13.2 Å². The summed E-state index contributed by atoms with van der Waals surface area (Å²) in [5.41, 5.74) is 4.81. The fourth-order valence-electron chi connectivity index (χ4n) is 5.47. The van der Waals surface area contributed by atoms with E-state index in [1.165, 1.54) is 28.1 Å². The molecule has 1 aliphatic rings. The molecule has 45 heavy (non-hydrogen) atoms. The quantitative estimate of drug-likeness (QED) is 0.171. The van der Waals surface area contributed by atoms with E-state index in [0.29, 0.717) is 0 Å². The molecule has 7 nitrogen and oxygen atoms in total. The van der Waals surface area contributed by atoms with Gasteiger partial charge in [-0.2, -0.15) is 0 Å². The molecule has 0 bridgehead atoms. The van der Waals surface area contributed by atoms with Crippen LogP contribution in [0.15, 0.2) is 114 Å². The molecule has 4 aromatic carbocycles. The third-order valence-electron chi connectivity index (χ3n) is 7.59. The summed E-state index contributed by atoms with van der Waals surface area (Å²) in [4.78, 5) is 22.6. The molecule has 7 rings (SSSR count). The zero-order valence-corrected chi connectivity index (χ0v) is 27.2. The number of carbonyl (C=O) groups is 1. The van der Waals surface area contributed by atoms with Crippen molar-refractivity contribution >= 4 is 71.9 Å². The second-order valence-electron chi connectivity index (χ2n) is 10.6. The average Bonchev–Trinajstić information content (AvgIpc) is 3.62. The number of nitrogens with zero attached hydrogens (tertiary/aromatic N) is 2. The lowest BCUT2D eigenvalue weighted by Crippen LogP contribution is -2.29. The number of amides is 1. The van der Waals surface area contributed by atoms with Gasteiger partial charge in [-0.3, -0.25) is 14.4 Å². The van der Waals surface area contributed by atoms with E-state index in [9.17, 15) is 13.2 Å². The molecule has 0 unspecified atom stereocenters. The Balaban J connectivity index is 0.00000357. The number of thiophene rings is 1. The number of nitrogens with one attached hydrogen (secondary N) is 2. The Morgan fingerprint density at radius 1 is 0.844 bits per heavy atom. The van der Waals surface area contributed by atoms with E-state index in [2.05, 4.69) is 45.3 Å². The number of rotatable bonds is 8. The minimum absolute atomic E-state index is 0. The first-order valence-electron chi connectivity index (χ1n) is 14.2. The first kappa shape index (κ1) is 30.9. The van der Waals surface area contributed by atoms with Gasteiger partial charge in [0.05, 0.1) is 26.4 Å². The van der Waals surface area contributed by atoms with Crippen LogP contribution in [-0.4, -0.2) is 30.8 Å². The van der Waals surface area contributed by atoms with Crippen molar-refractivity contribution in [2.45, 2.75) is 24.4 Å². The number of halogens is 1. The van der Waals surface area contributed by atoms with Gasteiger partial charge < -0.3 is 5.32 Å². The number of sulfonamides is 1. The lowest BCUT2D eigenvalue weighted by Gasteiger charge is -2.27. The van der Waals surface area contributed by atoms with Crippen LogP contribution >= 0.6 is 35.1 Å². The smallest absolute Gasteiger partial charge is 0.261 e. The maximum atomic E-state index is 13.9. The zero-order valence-electron chi connectivity index (χ0n) is 24.0. The van der Waals surface area contributed by atoms with E-state index in [4.69, 9.17) is 4.98 Å². The topological polar surface area (TPSA) is 91.4 Å². The number of carbonyl (C=O) groups excluding carboxylic acids is 1. The zero-order chi connectivity index (χ0) is 30.1. The van der Waals surface area contributed by atoms with Crippen molar-refractivity contribution in [1.82, 2.24) is 9.88 Å². The van der Waals surface area contributed by atoms with Crippen LogP contribution in [0.25, 0.3) is 20.8 Å². The maximum absolute atomic E-state index is 13.9. The van der Waals surface area contributed by atoms with E-state index in [1.54, 1.807) is 65.1 Å². The van der Waals surface area contributed by atoms with E-state index in [0.717, 1.165) is 51.8 Å². The first-order valence-corrected chi connectivity index (χ1v) is 17.3. The highest BCUT2D eigenvalue weighted by Crippen LogP contribution is 2.46. The minimum atomic E-state index is -3.88. The first-order chi connectivity index (χ1) is 21.4. The van der Waals surface area contributed by atoms with E-state index in [-0.39, 0.29) is 28.6 Å². The molecule has 6 aromatic rings. The Bertz CT molecular complexity index is 2050. The molecule has 1 amide bonds. The third-order valence-corrected chi connectivity index (χ3v) is 11.2. The number of fused-ring (bicyclic) bond motifs is 2.